The molecule has 8 heteroatoms. The predicted molar refractivity (Wildman–Crippen MR) is 133 cm³/mol. The Morgan fingerprint density at radius 1 is 0.972 bits per heavy atom. The summed E-state index contributed by atoms with van der Waals surface area (Å²) in [6.45, 7) is 0.395. The van der Waals surface area contributed by atoms with Crippen molar-refractivity contribution in [2.75, 3.05) is 5.32 Å². The first-order valence-electron chi connectivity index (χ1n) is 12.8. The molecule has 4 aliphatic rings. The van der Waals surface area contributed by atoms with Gasteiger partial charge < -0.3 is 10.6 Å². The van der Waals surface area contributed by atoms with Crippen LogP contribution in [-0.4, -0.2) is 26.8 Å². The molecular weight excluding hydrogens is 457 g/mol. The molecule has 2 aromatic carbocycles. The normalized spacial score (nSPS) is 26.1. The molecule has 0 unspecified atom stereocenters. The van der Waals surface area contributed by atoms with Gasteiger partial charge in [0.1, 0.15) is 18.1 Å². The Balaban J connectivity index is 1.11. The van der Waals surface area contributed by atoms with Crippen LogP contribution in [0.5, 0.6) is 0 Å². The second-order valence-electron chi connectivity index (χ2n) is 10.7. The molecule has 7 rings (SSSR count). The Morgan fingerprint density at radius 2 is 1.69 bits per heavy atom. The SMILES string of the molecule is O=C(Cn1cc(-c2cc(NC(=O)C3C4CC5CC(C4)CC3C5)ccc2F)nn1)NCc1ccccc1. The Hall–Kier alpha value is -3.55. The molecule has 0 atom stereocenters. The second kappa shape index (κ2) is 9.48. The van der Waals surface area contributed by atoms with E-state index in [1.165, 1.54) is 42.9 Å². The van der Waals surface area contributed by atoms with Crippen molar-refractivity contribution in [1.29, 1.82) is 0 Å². The van der Waals surface area contributed by atoms with E-state index in [4.69, 9.17) is 0 Å². The second-order valence-corrected chi connectivity index (χ2v) is 10.7. The minimum absolute atomic E-state index is 0.0235. The molecule has 2 amide bonds. The molecule has 0 aliphatic heterocycles. The lowest BCUT2D eigenvalue weighted by Gasteiger charge is -2.53. The fraction of sp³-hybridized carbons (Fsp3) is 0.429. The molecule has 7 nitrogen and oxygen atoms in total. The number of hydrogen-bond donors (Lipinski definition) is 2. The van der Waals surface area contributed by atoms with Crippen LogP contribution in [0.15, 0.2) is 54.7 Å². The van der Waals surface area contributed by atoms with Gasteiger partial charge in [-0.15, -0.1) is 5.10 Å². The first-order valence-corrected chi connectivity index (χ1v) is 12.8. The molecule has 3 aromatic rings. The van der Waals surface area contributed by atoms with E-state index in [1.807, 2.05) is 30.3 Å². The molecule has 36 heavy (non-hydrogen) atoms. The number of rotatable bonds is 7. The van der Waals surface area contributed by atoms with Gasteiger partial charge in [0.15, 0.2) is 0 Å². The number of nitrogens with zero attached hydrogens (tertiary/aromatic N) is 3. The van der Waals surface area contributed by atoms with Crippen LogP contribution in [0.25, 0.3) is 11.3 Å². The van der Waals surface area contributed by atoms with Gasteiger partial charge in [-0.1, -0.05) is 35.5 Å². The van der Waals surface area contributed by atoms with Gasteiger partial charge in [-0.3, -0.25) is 9.59 Å². The van der Waals surface area contributed by atoms with Crippen LogP contribution in [0.4, 0.5) is 10.1 Å². The quantitative estimate of drug-likeness (QED) is 0.517. The van der Waals surface area contributed by atoms with Crippen LogP contribution in [0.2, 0.25) is 0 Å². The van der Waals surface area contributed by atoms with Crippen molar-refractivity contribution >= 4 is 17.5 Å². The molecule has 0 saturated heterocycles. The highest BCUT2D eigenvalue weighted by Gasteiger charge is 2.50. The zero-order chi connectivity index (χ0) is 24.6. The zero-order valence-corrected chi connectivity index (χ0v) is 20.1. The number of benzene rings is 2. The number of aromatic nitrogens is 3. The maximum absolute atomic E-state index is 14.7. The fourth-order valence-electron chi connectivity index (χ4n) is 6.88. The van der Waals surface area contributed by atoms with E-state index in [0.29, 0.717) is 29.8 Å². The first-order chi connectivity index (χ1) is 17.5. The van der Waals surface area contributed by atoms with E-state index in [-0.39, 0.29) is 29.8 Å². The van der Waals surface area contributed by atoms with E-state index in [9.17, 15) is 14.0 Å². The molecule has 4 fully saturated rings. The standard InChI is InChI=1S/C28H30FN5O2/c29-24-7-6-22(31-28(36)27-20-9-18-8-19(11-20)12-21(27)10-18)13-23(24)25-15-34(33-32-25)16-26(35)30-14-17-4-2-1-3-5-17/h1-7,13,15,18-21,27H,8-12,14,16H2,(H,30,35)(H,31,36). The van der Waals surface area contributed by atoms with Crippen molar-refractivity contribution in [3.05, 3.63) is 66.1 Å². The van der Waals surface area contributed by atoms with Crippen molar-refractivity contribution in [3.8, 4) is 11.3 Å². The molecule has 4 aliphatic carbocycles. The zero-order valence-electron chi connectivity index (χ0n) is 20.1. The summed E-state index contributed by atoms with van der Waals surface area (Å²) in [7, 11) is 0. The summed E-state index contributed by atoms with van der Waals surface area (Å²) >= 11 is 0. The molecule has 0 radical (unpaired) electrons. The van der Waals surface area contributed by atoms with Crippen LogP contribution < -0.4 is 10.6 Å². The molecular formula is C28H30FN5O2. The summed E-state index contributed by atoms with van der Waals surface area (Å²) in [5.41, 5.74) is 2.11. The smallest absolute Gasteiger partial charge is 0.242 e. The van der Waals surface area contributed by atoms with Gasteiger partial charge in [0, 0.05) is 23.7 Å². The first kappa shape index (κ1) is 22.9. The van der Waals surface area contributed by atoms with Crippen molar-refractivity contribution in [3.63, 3.8) is 0 Å². The van der Waals surface area contributed by atoms with E-state index in [2.05, 4.69) is 20.9 Å². The molecule has 4 saturated carbocycles. The van der Waals surface area contributed by atoms with Crippen LogP contribution in [-0.2, 0) is 22.7 Å². The monoisotopic (exact) mass is 487 g/mol. The topological polar surface area (TPSA) is 88.9 Å². The number of carbonyl (C=O) groups is 2. The highest BCUT2D eigenvalue weighted by Crippen LogP contribution is 2.56. The molecule has 0 spiro atoms. The highest BCUT2D eigenvalue weighted by molar-refractivity contribution is 5.93. The van der Waals surface area contributed by atoms with Crippen molar-refractivity contribution < 1.29 is 14.0 Å². The Morgan fingerprint density at radius 3 is 2.42 bits per heavy atom. The van der Waals surface area contributed by atoms with Gasteiger partial charge in [-0.05, 0) is 79.5 Å². The fourth-order valence-corrected chi connectivity index (χ4v) is 6.88. The lowest BCUT2D eigenvalue weighted by atomic mass is 9.51. The van der Waals surface area contributed by atoms with Gasteiger partial charge >= 0.3 is 0 Å². The number of hydrogen-bond acceptors (Lipinski definition) is 4. The van der Waals surface area contributed by atoms with Gasteiger partial charge in [0.2, 0.25) is 11.8 Å². The summed E-state index contributed by atoms with van der Waals surface area (Å²) in [6, 6.07) is 14.2. The van der Waals surface area contributed by atoms with Crippen LogP contribution in [0.1, 0.15) is 37.7 Å². The van der Waals surface area contributed by atoms with Crippen molar-refractivity contribution in [1.82, 2.24) is 20.3 Å². The van der Waals surface area contributed by atoms with E-state index in [0.717, 1.165) is 17.4 Å². The van der Waals surface area contributed by atoms with Crippen molar-refractivity contribution in [2.45, 2.75) is 45.2 Å². The third kappa shape index (κ3) is 4.64. The number of nitrogens with one attached hydrogen (secondary N) is 2. The average molecular weight is 488 g/mol. The molecule has 1 aromatic heterocycles. The van der Waals surface area contributed by atoms with Crippen LogP contribution in [0.3, 0.4) is 0 Å². The minimum Gasteiger partial charge on any atom is -0.350 e. The largest absolute Gasteiger partial charge is 0.350 e. The lowest BCUT2D eigenvalue weighted by molar-refractivity contribution is -0.132. The number of amides is 2. The molecule has 186 valence electrons. The summed E-state index contributed by atoms with van der Waals surface area (Å²) in [5.74, 6) is 2.01. The Labute approximate surface area is 209 Å². The van der Waals surface area contributed by atoms with Crippen LogP contribution >= 0.6 is 0 Å². The number of anilines is 1. The molecule has 2 N–H and O–H groups in total. The predicted octanol–water partition coefficient (Wildman–Crippen LogP) is 4.41. The van der Waals surface area contributed by atoms with Gasteiger partial charge in [0.05, 0.1) is 6.20 Å². The molecule has 4 bridgehead atoms. The Kier molecular flexibility index (Phi) is 6.03. The van der Waals surface area contributed by atoms with E-state index < -0.39 is 5.82 Å². The highest BCUT2D eigenvalue weighted by atomic mass is 19.1. The average Bonchev–Trinajstić information content (AvgIpc) is 3.32. The lowest BCUT2D eigenvalue weighted by Crippen LogP contribution is -2.49. The van der Waals surface area contributed by atoms with Crippen molar-refractivity contribution in [2.24, 2.45) is 29.6 Å². The van der Waals surface area contributed by atoms with Gasteiger partial charge in [-0.25, -0.2) is 9.07 Å². The van der Waals surface area contributed by atoms with Crippen LogP contribution in [0, 0.1) is 35.4 Å². The van der Waals surface area contributed by atoms with E-state index in [1.54, 1.807) is 18.3 Å². The van der Waals surface area contributed by atoms with Gasteiger partial charge in [0.25, 0.3) is 0 Å². The minimum atomic E-state index is -0.455. The Bertz CT molecular complexity index is 1250. The summed E-state index contributed by atoms with van der Waals surface area (Å²) in [6.07, 6.45) is 7.56. The molecule has 1 heterocycles. The summed E-state index contributed by atoms with van der Waals surface area (Å²) < 4.78 is 16.1. The number of halogens is 1. The van der Waals surface area contributed by atoms with Gasteiger partial charge in [-0.2, -0.15) is 0 Å². The summed E-state index contributed by atoms with van der Waals surface area (Å²) in [4.78, 5) is 25.6. The summed E-state index contributed by atoms with van der Waals surface area (Å²) in [5, 5.41) is 14.0. The maximum Gasteiger partial charge on any atom is 0.242 e. The third-order valence-electron chi connectivity index (χ3n) is 8.22. The number of carbonyl (C=O) groups excluding carboxylic acids is 2. The third-order valence-corrected chi connectivity index (χ3v) is 8.22. The van der Waals surface area contributed by atoms with E-state index >= 15 is 0 Å². The maximum atomic E-state index is 14.7.